The molecule has 0 heterocycles. The molecule has 228 valence electrons. The zero-order valence-corrected chi connectivity index (χ0v) is 25.7. The van der Waals surface area contributed by atoms with Gasteiger partial charge in [-0.25, -0.2) is 4.79 Å². The van der Waals surface area contributed by atoms with E-state index in [2.05, 4.69) is 24.3 Å². The zero-order valence-electron chi connectivity index (χ0n) is 25.7. The summed E-state index contributed by atoms with van der Waals surface area (Å²) in [5.41, 5.74) is 4.74. The molecule has 0 N–H and O–H groups in total. The fraction of sp³-hybridized carbons (Fsp3) is 0.179. The van der Waals surface area contributed by atoms with Crippen LogP contribution in [0.15, 0.2) is 115 Å². The molecule has 0 fully saturated rings. The summed E-state index contributed by atoms with van der Waals surface area (Å²) in [4.78, 5) is 38.5. The number of rotatable bonds is 7. The molecule has 3 aliphatic rings. The van der Waals surface area contributed by atoms with E-state index in [0.29, 0.717) is 17.1 Å². The average molecular weight is 610 g/mol. The van der Waals surface area contributed by atoms with Crippen molar-refractivity contribution >= 4 is 17.4 Å². The maximum absolute atomic E-state index is 14.2. The van der Waals surface area contributed by atoms with Crippen LogP contribution in [-0.4, -0.2) is 23.3 Å². The van der Waals surface area contributed by atoms with Crippen LogP contribution in [0.25, 0.3) is 0 Å². The molecule has 0 unspecified atom stereocenters. The highest BCUT2D eigenvalue weighted by atomic mass is 16.6. The molecule has 0 radical (unpaired) electrons. The van der Waals surface area contributed by atoms with Gasteiger partial charge in [0, 0.05) is 34.6 Å². The molecule has 0 spiro atoms. The first-order valence-corrected chi connectivity index (χ1v) is 15.2. The summed E-state index contributed by atoms with van der Waals surface area (Å²) in [6, 6.07) is 34.8. The molecule has 46 heavy (non-hydrogen) atoms. The number of non-ortho nitro benzene ring substituents is 1. The molecule has 2 bridgehead atoms. The first kappa shape index (κ1) is 29.2. The van der Waals surface area contributed by atoms with Gasteiger partial charge >= 0.3 is 5.97 Å². The molecule has 0 amide bonds. The normalized spacial score (nSPS) is 17.3. The molecule has 0 aliphatic heterocycles. The molecular formula is C39H31NO6. The summed E-state index contributed by atoms with van der Waals surface area (Å²) in [6.45, 7) is 5.89. The molecule has 0 saturated carbocycles. The first-order chi connectivity index (χ1) is 22.1. The Morgan fingerprint density at radius 2 is 1.37 bits per heavy atom. The van der Waals surface area contributed by atoms with Crippen molar-refractivity contribution in [3.05, 3.63) is 170 Å². The van der Waals surface area contributed by atoms with Crippen LogP contribution in [0, 0.1) is 15.5 Å². The van der Waals surface area contributed by atoms with Crippen LogP contribution in [0.5, 0.6) is 11.5 Å². The molecule has 0 saturated heterocycles. The molecule has 7 nitrogen and oxygen atoms in total. The predicted molar refractivity (Wildman–Crippen MR) is 174 cm³/mol. The molecule has 5 aromatic carbocycles. The van der Waals surface area contributed by atoms with Crippen molar-refractivity contribution in [2.24, 2.45) is 5.41 Å². The van der Waals surface area contributed by atoms with E-state index >= 15 is 0 Å². The molecule has 7 heteroatoms. The van der Waals surface area contributed by atoms with Gasteiger partial charge in [-0.3, -0.25) is 14.9 Å². The largest absolute Gasteiger partial charge is 0.492 e. The van der Waals surface area contributed by atoms with Crippen molar-refractivity contribution < 1.29 is 24.0 Å². The van der Waals surface area contributed by atoms with Crippen LogP contribution in [0.1, 0.15) is 80.8 Å². The average Bonchev–Trinajstić information content (AvgIpc) is 3.07. The van der Waals surface area contributed by atoms with Gasteiger partial charge < -0.3 is 9.47 Å². The van der Waals surface area contributed by atoms with E-state index in [1.165, 1.54) is 24.3 Å². The van der Waals surface area contributed by atoms with E-state index < -0.39 is 21.7 Å². The number of nitrogens with zero attached hydrogens (tertiary/aromatic N) is 1. The van der Waals surface area contributed by atoms with Gasteiger partial charge in [-0.1, -0.05) is 87.5 Å². The van der Waals surface area contributed by atoms with Crippen molar-refractivity contribution in [3.63, 3.8) is 0 Å². The minimum absolute atomic E-state index is 0.0152. The van der Waals surface area contributed by atoms with Crippen molar-refractivity contribution in [2.75, 3.05) is 6.61 Å². The Hall–Kier alpha value is -5.56. The van der Waals surface area contributed by atoms with Gasteiger partial charge in [-0.05, 0) is 64.2 Å². The van der Waals surface area contributed by atoms with E-state index in [1.807, 2.05) is 75.4 Å². The Morgan fingerprint density at radius 1 is 0.783 bits per heavy atom. The zero-order chi connectivity index (χ0) is 32.2. The van der Waals surface area contributed by atoms with E-state index in [-0.39, 0.29) is 29.6 Å². The van der Waals surface area contributed by atoms with E-state index in [1.54, 1.807) is 12.1 Å². The number of esters is 1. The highest BCUT2D eigenvalue weighted by Gasteiger charge is 2.55. The molecule has 5 aromatic rings. The molecular weight excluding hydrogens is 578 g/mol. The third-order valence-corrected chi connectivity index (χ3v) is 9.03. The molecule has 3 aliphatic carbocycles. The monoisotopic (exact) mass is 609 g/mol. The maximum Gasteiger partial charge on any atom is 0.343 e. The quantitative estimate of drug-likeness (QED) is 0.0606. The standard InChI is InChI=1S/C39H31NO6/c1-38(2,3)36(41)29-21-22-32(46-37(42)24-17-19-25(20-18-24)40(43)44)35-34(29)33-27-13-7-9-15-30(27)39(35,31-16-10-8-14-28(31)33)23-45-26-11-5-4-6-12-26/h4-22,33H,23H2,1-3H3. The number of hydrogen-bond donors (Lipinski definition) is 0. The van der Waals surface area contributed by atoms with Gasteiger partial charge in [0.1, 0.15) is 18.1 Å². The second kappa shape index (κ2) is 10.8. The summed E-state index contributed by atoms with van der Waals surface area (Å²) in [5.74, 6) is 0.0509. The fourth-order valence-corrected chi connectivity index (χ4v) is 7.01. The number of Topliss-reactive ketones (excluding diaryl/α,β-unsaturated/α-hetero) is 1. The van der Waals surface area contributed by atoms with E-state index in [0.717, 1.165) is 33.4 Å². The molecule has 8 rings (SSSR count). The van der Waals surface area contributed by atoms with E-state index in [9.17, 15) is 19.7 Å². The lowest BCUT2D eigenvalue weighted by molar-refractivity contribution is -0.384. The predicted octanol–water partition coefficient (Wildman–Crippen LogP) is 8.26. The minimum Gasteiger partial charge on any atom is -0.492 e. The topological polar surface area (TPSA) is 95.7 Å². The third kappa shape index (κ3) is 4.50. The van der Waals surface area contributed by atoms with Crippen LogP contribution in [-0.2, 0) is 5.41 Å². The van der Waals surface area contributed by atoms with Crippen molar-refractivity contribution in [3.8, 4) is 11.5 Å². The fourth-order valence-electron chi connectivity index (χ4n) is 7.01. The Balaban J connectivity index is 1.49. The van der Waals surface area contributed by atoms with E-state index in [4.69, 9.17) is 9.47 Å². The summed E-state index contributed by atoms with van der Waals surface area (Å²) in [7, 11) is 0. The van der Waals surface area contributed by atoms with Gasteiger partial charge in [0.15, 0.2) is 5.78 Å². The lowest BCUT2D eigenvalue weighted by atomic mass is 9.52. The number of nitro benzene ring substituents is 1. The van der Waals surface area contributed by atoms with Crippen LogP contribution in [0.3, 0.4) is 0 Å². The van der Waals surface area contributed by atoms with Crippen LogP contribution in [0.4, 0.5) is 5.69 Å². The lowest BCUT2D eigenvalue weighted by Gasteiger charge is -2.51. The lowest BCUT2D eigenvalue weighted by Crippen LogP contribution is -2.47. The summed E-state index contributed by atoms with van der Waals surface area (Å²) in [6.07, 6.45) is 0. The van der Waals surface area contributed by atoms with Gasteiger partial charge in [0.25, 0.3) is 5.69 Å². The number of hydrogen-bond acceptors (Lipinski definition) is 6. The number of carbonyl (C=O) groups excluding carboxylic acids is 2. The minimum atomic E-state index is -0.938. The molecule has 0 aromatic heterocycles. The SMILES string of the molecule is CC(C)(C)C(=O)c1ccc(OC(=O)c2ccc([N+](=O)[O-])cc2)c2c1C1c3ccccc3C2(COc2ccccc2)c2ccccc21. The number of nitro groups is 1. The Kier molecular flexibility index (Phi) is 6.85. The number of benzene rings is 5. The second-order valence-corrected chi connectivity index (χ2v) is 12.8. The first-order valence-electron chi connectivity index (χ1n) is 15.2. The van der Waals surface area contributed by atoms with Crippen molar-refractivity contribution in [1.29, 1.82) is 0 Å². The van der Waals surface area contributed by atoms with Gasteiger partial charge in [0.05, 0.1) is 15.9 Å². The Morgan fingerprint density at radius 3 is 1.96 bits per heavy atom. The number of ether oxygens (including phenoxy) is 2. The van der Waals surface area contributed by atoms with Gasteiger partial charge in [-0.2, -0.15) is 0 Å². The third-order valence-electron chi connectivity index (χ3n) is 9.03. The van der Waals surface area contributed by atoms with Crippen LogP contribution >= 0.6 is 0 Å². The summed E-state index contributed by atoms with van der Waals surface area (Å²) >= 11 is 0. The van der Waals surface area contributed by atoms with Crippen molar-refractivity contribution in [2.45, 2.75) is 32.1 Å². The Labute approximate surface area is 266 Å². The second-order valence-electron chi connectivity index (χ2n) is 12.8. The highest BCUT2D eigenvalue weighted by molar-refractivity contribution is 6.03. The van der Waals surface area contributed by atoms with Gasteiger partial charge in [-0.15, -0.1) is 0 Å². The van der Waals surface area contributed by atoms with Gasteiger partial charge in [0.2, 0.25) is 0 Å². The number of ketones is 1. The van der Waals surface area contributed by atoms with Crippen LogP contribution < -0.4 is 9.47 Å². The number of para-hydroxylation sites is 1. The number of carbonyl (C=O) groups is 2. The highest BCUT2D eigenvalue weighted by Crippen LogP contribution is 2.62. The Bertz CT molecular complexity index is 1980. The maximum atomic E-state index is 14.2. The summed E-state index contributed by atoms with van der Waals surface area (Å²) < 4.78 is 12.8. The summed E-state index contributed by atoms with van der Waals surface area (Å²) in [5, 5.41) is 11.2. The molecule has 0 atom stereocenters. The van der Waals surface area contributed by atoms with Crippen molar-refractivity contribution in [1.82, 2.24) is 0 Å². The smallest absolute Gasteiger partial charge is 0.343 e. The van der Waals surface area contributed by atoms with Crippen LogP contribution in [0.2, 0.25) is 0 Å².